The van der Waals surface area contributed by atoms with Gasteiger partial charge in [0, 0.05) is 0 Å². The van der Waals surface area contributed by atoms with Crippen LogP contribution in [0.1, 0.15) is 42.5 Å². The van der Waals surface area contributed by atoms with Crippen LogP contribution in [0.4, 0.5) is 11.5 Å². The van der Waals surface area contributed by atoms with Crippen LogP contribution >= 0.6 is 0 Å². The molecule has 0 saturated carbocycles. The third-order valence-electron chi connectivity index (χ3n) is 6.62. The Balaban J connectivity index is 1.55. The van der Waals surface area contributed by atoms with Gasteiger partial charge in [0.05, 0.1) is 67.4 Å². The van der Waals surface area contributed by atoms with Gasteiger partial charge < -0.3 is 19.7 Å². The molecule has 4 heterocycles. The Morgan fingerprint density at radius 3 is 2.75 bits per heavy atom. The highest BCUT2D eigenvalue weighted by Gasteiger charge is 2.37. The van der Waals surface area contributed by atoms with Crippen molar-refractivity contribution in [3.8, 4) is 11.9 Å². The van der Waals surface area contributed by atoms with E-state index in [2.05, 4.69) is 39.5 Å². The van der Waals surface area contributed by atoms with E-state index in [0.717, 1.165) is 48.3 Å². The van der Waals surface area contributed by atoms with E-state index in [1.165, 1.54) is 0 Å². The predicted molar refractivity (Wildman–Crippen MR) is 122 cm³/mol. The van der Waals surface area contributed by atoms with Gasteiger partial charge >= 0.3 is 0 Å². The summed E-state index contributed by atoms with van der Waals surface area (Å²) in [5, 5.41) is 22.4. The fraction of sp³-hybridized carbons (Fsp3) is 0.417. The minimum Gasteiger partial charge on any atom is -0.478 e. The average molecular weight is 431 g/mol. The second-order valence-corrected chi connectivity index (χ2v) is 8.47. The lowest BCUT2D eigenvalue weighted by Crippen LogP contribution is -2.45. The molecule has 1 N–H and O–H groups in total. The molecule has 8 heteroatoms. The van der Waals surface area contributed by atoms with Crippen LogP contribution in [-0.4, -0.2) is 47.6 Å². The second-order valence-electron chi connectivity index (χ2n) is 8.47. The maximum absolute atomic E-state index is 9.39. The first-order valence-corrected chi connectivity index (χ1v) is 10.9. The Morgan fingerprint density at radius 2 is 2.03 bits per heavy atom. The highest BCUT2D eigenvalue weighted by atomic mass is 16.5. The summed E-state index contributed by atoms with van der Waals surface area (Å²) in [6, 6.07) is 10.9. The summed E-state index contributed by atoms with van der Waals surface area (Å²) >= 11 is 0. The van der Waals surface area contributed by atoms with Crippen molar-refractivity contribution in [2.45, 2.75) is 44.8 Å². The van der Waals surface area contributed by atoms with Crippen LogP contribution in [0.2, 0.25) is 0 Å². The topological polar surface area (TPSA) is 96.2 Å². The smallest absolute Gasteiger partial charge is 0.260 e. The zero-order chi connectivity index (χ0) is 22.2. The number of methoxy groups -OCH3 is 1. The van der Waals surface area contributed by atoms with E-state index in [9.17, 15) is 5.26 Å². The fourth-order valence-corrected chi connectivity index (χ4v) is 4.96. The van der Waals surface area contributed by atoms with Crippen molar-refractivity contribution in [2.75, 3.05) is 30.5 Å². The quantitative estimate of drug-likeness (QED) is 0.654. The molecule has 0 amide bonds. The van der Waals surface area contributed by atoms with Gasteiger partial charge in [-0.15, -0.1) is 10.2 Å². The molecule has 3 aromatic rings. The Morgan fingerprint density at radius 1 is 1.25 bits per heavy atom. The van der Waals surface area contributed by atoms with Gasteiger partial charge in [0.2, 0.25) is 0 Å². The number of nitrogens with zero attached hydrogens (tertiary/aromatic N) is 5. The Kier molecular flexibility index (Phi) is 5.27. The minimum atomic E-state index is -0.0718. The van der Waals surface area contributed by atoms with Gasteiger partial charge in [-0.05, 0) is 49.9 Å². The lowest BCUT2D eigenvalue weighted by atomic mass is 9.98. The number of hydrogen-bond donors (Lipinski definition) is 1. The van der Waals surface area contributed by atoms with E-state index in [4.69, 9.17) is 14.5 Å². The van der Waals surface area contributed by atoms with Crippen molar-refractivity contribution in [3.63, 3.8) is 0 Å². The number of benzene rings is 1. The van der Waals surface area contributed by atoms with Crippen molar-refractivity contribution >= 4 is 22.4 Å². The standard InChI is InChI=1S/C24H26N6O2/c1-14-16(10-25)5-4-6-20(14)15(2)27-23-21-9-19(11-26-22(21)24(31-3)29-28-23)30-17-7-8-18(30)13-32-12-17/h4-6,9,11,15,17-18H,7-8,12-13H2,1-3H3,(H,27,28)/t15-,17?,18?/m1/s1. The normalized spacial score (nSPS) is 20.8. The molecule has 0 radical (unpaired) electrons. The van der Waals surface area contributed by atoms with Gasteiger partial charge in [-0.25, -0.2) is 4.98 Å². The van der Waals surface area contributed by atoms with Gasteiger partial charge in [0.25, 0.3) is 5.88 Å². The number of ether oxygens (including phenoxy) is 2. The van der Waals surface area contributed by atoms with E-state index in [0.29, 0.717) is 34.9 Å². The molecule has 8 nitrogen and oxygen atoms in total. The molecule has 2 bridgehead atoms. The highest BCUT2D eigenvalue weighted by molar-refractivity contribution is 5.94. The number of pyridine rings is 1. The van der Waals surface area contributed by atoms with Gasteiger partial charge in [-0.2, -0.15) is 5.26 Å². The summed E-state index contributed by atoms with van der Waals surface area (Å²) in [4.78, 5) is 7.16. The van der Waals surface area contributed by atoms with Crippen LogP contribution in [0.15, 0.2) is 30.5 Å². The van der Waals surface area contributed by atoms with Gasteiger partial charge in [0.15, 0.2) is 5.82 Å². The van der Waals surface area contributed by atoms with Crippen LogP contribution in [0.5, 0.6) is 5.88 Å². The lowest BCUT2D eigenvalue weighted by Gasteiger charge is -2.36. The molecule has 2 aromatic heterocycles. The number of fused-ring (bicyclic) bond motifs is 3. The summed E-state index contributed by atoms with van der Waals surface area (Å²) in [6.45, 7) is 5.53. The van der Waals surface area contributed by atoms with Crippen molar-refractivity contribution < 1.29 is 9.47 Å². The SMILES string of the molecule is COc1nnc(N[C@H](C)c2cccc(C#N)c2C)c2cc(N3C4CCC3COC4)cnc12. The number of anilines is 2. The van der Waals surface area contributed by atoms with Gasteiger partial charge in [-0.1, -0.05) is 12.1 Å². The first-order chi connectivity index (χ1) is 15.6. The predicted octanol–water partition coefficient (Wildman–Crippen LogP) is 3.75. The molecule has 0 spiro atoms. The molecule has 2 saturated heterocycles. The van der Waals surface area contributed by atoms with Gasteiger partial charge in [0.1, 0.15) is 5.52 Å². The number of aromatic nitrogens is 3. The molecule has 32 heavy (non-hydrogen) atoms. The first kappa shape index (κ1) is 20.5. The molecular weight excluding hydrogens is 404 g/mol. The summed E-state index contributed by atoms with van der Waals surface area (Å²) in [5.74, 6) is 1.04. The molecule has 2 unspecified atom stereocenters. The molecule has 2 aliphatic rings. The maximum atomic E-state index is 9.39. The Hall–Kier alpha value is -3.44. The zero-order valence-corrected chi connectivity index (χ0v) is 18.5. The monoisotopic (exact) mass is 430 g/mol. The van der Waals surface area contributed by atoms with E-state index in [-0.39, 0.29) is 6.04 Å². The second kappa shape index (κ2) is 8.24. The van der Waals surface area contributed by atoms with Crippen LogP contribution in [0.3, 0.4) is 0 Å². The molecule has 1 aromatic carbocycles. The highest BCUT2D eigenvalue weighted by Crippen LogP contribution is 2.37. The molecular formula is C24H26N6O2. The van der Waals surface area contributed by atoms with Crippen molar-refractivity contribution in [1.29, 1.82) is 5.26 Å². The average Bonchev–Trinajstić information content (AvgIpc) is 3.07. The van der Waals surface area contributed by atoms with Crippen LogP contribution < -0.4 is 15.0 Å². The Labute approximate surface area is 187 Å². The number of hydrogen-bond acceptors (Lipinski definition) is 8. The first-order valence-electron chi connectivity index (χ1n) is 10.9. The van der Waals surface area contributed by atoms with E-state index in [1.807, 2.05) is 31.3 Å². The van der Waals surface area contributed by atoms with Crippen LogP contribution in [0, 0.1) is 18.3 Å². The number of morpholine rings is 1. The number of rotatable bonds is 5. The molecule has 2 fully saturated rings. The van der Waals surface area contributed by atoms with E-state index >= 15 is 0 Å². The summed E-state index contributed by atoms with van der Waals surface area (Å²) in [6.07, 6.45) is 4.17. The maximum Gasteiger partial charge on any atom is 0.260 e. The van der Waals surface area contributed by atoms with E-state index in [1.54, 1.807) is 7.11 Å². The van der Waals surface area contributed by atoms with Gasteiger partial charge in [-0.3, -0.25) is 0 Å². The minimum absolute atomic E-state index is 0.0718. The summed E-state index contributed by atoms with van der Waals surface area (Å²) in [7, 11) is 1.58. The summed E-state index contributed by atoms with van der Waals surface area (Å²) < 4.78 is 11.2. The molecule has 164 valence electrons. The molecule has 2 aliphatic heterocycles. The van der Waals surface area contributed by atoms with Crippen molar-refractivity contribution in [3.05, 3.63) is 47.2 Å². The number of nitriles is 1. The lowest BCUT2D eigenvalue weighted by molar-refractivity contribution is 0.0906. The number of nitrogens with one attached hydrogen (secondary N) is 1. The molecule has 5 rings (SSSR count). The van der Waals surface area contributed by atoms with Crippen molar-refractivity contribution in [1.82, 2.24) is 15.2 Å². The van der Waals surface area contributed by atoms with Crippen molar-refractivity contribution in [2.24, 2.45) is 0 Å². The molecule has 3 atom stereocenters. The van der Waals surface area contributed by atoms with E-state index < -0.39 is 0 Å². The fourth-order valence-electron chi connectivity index (χ4n) is 4.96. The van der Waals surface area contributed by atoms with Crippen LogP contribution in [0.25, 0.3) is 10.9 Å². The third kappa shape index (κ3) is 3.39. The largest absolute Gasteiger partial charge is 0.478 e. The molecule has 0 aliphatic carbocycles. The van der Waals surface area contributed by atoms with Crippen LogP contribution in [-0.2, 0) is 4.74 Å². The third-order valence-corrected chi connectivity index (χ3v) is 6.62. The zero-order valence-electron chi connectivity index (χ0n) is 18.5. The summed E-state index contributed by atoms with van der Waals surface area (Å²) in [5.41, 5.74) is 4.42. The Bertz CT molecular complexity index is 1190.